The van der Waals surface area contributed by atoms with Crippen LogP contribution in [0.25, 0.3) is 0 Å². The van der Waals surface area contributed by atoms with Crippen LogP contribution in [-0.4, -0.2) is 19.7 Å². The quantitative estimate of drug-likeness (QED) is 0.913. The standard InChI is InChI=1S/C14H19F2NO2S/c1-14(2)7-3-4-11(13(14)17)20(18,19)12-8-9(15)5-6-10(12)16/h5-6,8,11,13H,3-4,7,17H2,1-2H3. The van der Waals surface area contributed by atoms with Crippen molar-refractivity contribution in [2.45, 2.75) is 49.3 Å². The molecular formula is C14H19F2NO2S. The van der Waals surface area contributed by atoms with Crippen molar-refractivity contribution in [3.63, 3.8) is 0 Å². The lowest BCUT2D eigenvalue weighted by Gasteiger charge is -2.41. The molecule has 1 aromatic rings. The topological polar surface area (TPSA) is 60.2 Å². The molecule has 0 aliphatic heterocycles. The van der Waals surface area contributed by atoms with E-state index in [1.54, 1.807) is 0 Å². The Hall–Kier alpha value is -1.01. The molecule has 0 saturated heterocycles. The van der Waals surface area contributed by atoms with E-state index in [9.17, 15) is 17.2 Å². The van der Waals surface area contributed by atoms with Gasteiger partial charge in [-0.25, -0.2) is 17.2 Å². The van der Waals surface area contributed by atoms with Gasteiger partial charge in [-0.05, 0) is 36.5 Å². The van der Waals surface area contributed by atoms with Crippen LogP contribution in [0.15, 0.2) is 23.1 Å². The van der Waals surface area contributed by atoms with E-state index in [2.05, 4.69) is 0 Å². The smallest absolute Gasteiger partial charge is 0.185 e. The minimum Gasteiger partial charge on any atom is -0.326 e. The van der Waals surface area contributed by atoms with Gasteiger partial charge in [0, 0.05) is 6.04 Å². The molecule has 1 fully saturated rings. The second kappa shape index (κ2) is 5.07. The zero-order valence-electron chi connectivity index (χ0n) is 11.6. The van der Waals surface area contributed by atoms with E-state index >= 15 is 0 Å². The van der Waals surface area contributed by atoms with Gasteiger partial charge in [0.1, 0.15) is 16.5 Å². The van der Waals surface area contributed by atoms with Crippen LogP contribution in [0.5, 0.6) is 0 Å². The van der Waals surface area contributed by atoms with Gasteiger partial charge in [-0.3, -0.25) is 0 Å². The normalized spacial score (nSPS) is 26.4. The summed E-state index contributed by atoms with van der Waals surface area (Å²) in [7, 11) is -3.98. The number of hydrogen-bond acceptors (Lipinski definition) is 3. The molecular weight excluding hydrogens is 284 g/mol. The lowest BCUT2D eigenvalue weighted by atomic mass is 9.73. The van der Waals surface area contributed by atoms with Crippen molar-refractivity contribution in [3.8, 4) is 0 Å². The Kier molecular flexibility index (Phi) is 3.90. The molecule has 1 aliphatic carbocycles. The van der Waals surface area contributed by atoms with Crippen LogP contribution in [0, 0.1) is 17.0 Å². The number of nitrogens with two attached hydrogens (primary N) is 1. The van der Waals surface area contributed by atoms with E-state index in [-0.39, 0.29) is 5.41 Å². The molecule has 112 valence electrons. The van der Waals surface area contributed by atoms with Gasteiger partial charge in [0.05, 0.1) is 5.25 Å². The maximum Gasteiger partial charge on any atom is 0.185 e. The minimum atomic E-state index is -3.98. The molecule has 1 aromatic carbocycles. The Morgan fingerprint density at radius 3 is 2.60 bits per heavy atom. The summed E-state index contributed by atoms with van der Waals surface area (Å²) < 4.78 is 52.1. The molecule has 20 heavy (non-hydrogen) atoms. The highest BCUT2D eigenvalue weighted by atomic mass is 32.2. The Balaban J connectivity index is 2.47. The highest BCUT2D eigenvalue weighted by molar-refractivity contribution is 7.92. The summed E-state index contributed by atoms with van der Waals surface area (Å²) in [6.07, 6.45) is 1.91. The van der Waals surface area contributed by atoms with Crippen LogP contribution in [0.4, 0.5) is 8.78 Å². The number of hydrogen-bond donors (Lipinski definition) is 1. The first-order chi connectivity index (χ1) is 9.16. The fourth-order valence-electron chi connectivity index (χ4n) is 2.81. The van der Waals surface area contributed by atoms with Gasteiger partial charge in [-0.2, -0.15) is 0 Å². The number of benzene rings is 1. The van der Waals surface area contributed by atoms with E-state index in [0.29, 0.717) is 12.8 Å². The lowest BCUT2D eigenvalue weighted by molar-refractivity contribution is 0.204. The zero-order valence-corrected chi connectivity index (χ0v) is 12.4. The van der Waals surface area contributed by atoms with Crippen LogP contribution in [-0.2, 0) is 9.84 Å². The fourth-order valence-corrected chi connectivity index (χ4v) is 4.99. The molecule has 2 atom stereocenters. The Morgan fingerprint density at radius 2 is 1.95 bits per heavy atom. The van der Waals surface area contributed by atoms with Crippen LogP contribution in [0.3, 0.4) is 0 Å². The summed E-state index contributed by atoms with van der Waals surface area (Å²) in [5, 5.41) is -0.873. The molecule has 0 heterocycles. The van der Waals surface area contributed by atoms with Gasteiger partial charge in [0.15, 0.2) is 9.84 Å². The van der Waals surface area contributed by atoms with Crippen LogP contribution in [0.2, 0.25) is 0 Å². The summed E-state index contributed by atoms with van der Waals surface area (Å²) in [5.41, 5.74) is 5.74. The molecule has 0 spiro atoms. The molecule has 0 aromatic heterocycles. The number of sulfone groups is 1. The van der Waals surface area contributed by atoms with Gasteiger partial charge in [-0.15, -0.1) is 0 Å². The van der Waals surface area contributed by atoms with Crippen LogP contribution >= 0.6 is 0 Å². The predicted molar refractivity (Wildman–Crippen MR) is 72.9 cm³/mol. The van der Waals surface area contributed by atoms with Crippen LogP contribution in [0.1, 0.15) is 33.1 Å². The van der Waals surface area contributed by atoms with Crippen molar-refractivity contribution in [3.05, 3.63) is 29.8 Å². The van der Waals surface area contributed by atoms with Gasteiger partial charge >= 0.3 is 0 Å². The second-order valence-corrected chi connectivity index (χ2v) is 8.20. The van der Waals surface area contributed by atoms with Gasteiger partial charge in [0.25, 0.3) is 0 Å². The summed E-state index contributed by atoms with van der Waals surface area (Å²) >= 11 is 0. The van der Waals surface area contributed by atoms with Crippen molar-refractivity contribution >= 4 is 9.84 Å². The van der Waals surface area contributed by atoms with Gasteiger partial charge in [0.2, 0.25) is 0 Å². The zero-order chi connectivity index (χ0) is 15.1. The number of halogens is 2. The molecule has 3 nitrogen and oxygen atoms in total. The van der Waals surface area contributed by atoms with E-state index in [1.165, 1.54) is 0 Å². The highest BCUT2D eigenvalue weighted by Crippen LogP contribution is 2.39. The van der Waals surface area contributed by atoms with Crippen molar-refractivity contribution < 1.29 is 17.2 Å². The molecule has 1 saturated carbocycles. The maximum atomic E-state index is 13.8. The van der Waals surface area contributed by atoms with Gasteiger partial charge < -0.3 is 5.73 Å². The second-order valence-electron chi connectivity index (χ2n) is 6.06. The average Bonchev–Trinajstić information content (AvgIpc) is 2.35. The Labute approximate surface area is 118 Å². The van der Waals surface area contributed by atoms with Crippen molar-refractivity contribution in [2.75, 3.05) is 0 Å². The monoisotopic (exact) mass is 303 g/mol. The summed E-state index contributed by atoms with van der Waals surface area (Å²) in [5.74, 6) is -1.70. The molecule has 2 N–H and O–H groups in total. The minimum absolute atomic E-state index is 0.334. The average molecular weight is 303 g/mol. The van der Waals surface area contributed by atoms with E-state index < -0.39 is 37.7 Å². The first-order valence-electron chi connectivity index (χ1n) is 6.61. The maximum absolute atomic E-state index is 13.8. The molecule has 6 heteroatoms. The number of rotatable bonds is 2. The molecule has 0 radical (unpaired) electrons. The fraction of sp³-hybridized carbons (Fsp3) is 0.571. The van der Waals surface area contributed by atoms with Crippen molar-refractivity contribution in [2.24, 2.45) is 11.1 Å². The predicted octanol–water partition coefficient (Wildman–Crippen LogP) is 2.64. The molecule has 0 amide bonds. The molecule has 2 rings (SSSR count). The first kappa shape index (κ1) is 15.4. The molecule has 1 aliphatic rings. The summed E-state index contributed by atoms with van der Waals surface area (Å²) in [6.45, 7) is 3.81. The Bertz CT molecular complexity index is 614. The Morgan fingerprint density at radius 1 is 1.30 bits per heavy atom. The SMILES string of the molecule is CC1(C)CCCC(S(=O)(=O)c2cc(F)ccc2F)C1N. The highest BCUT2D eigenvalue weighted by Gasteiger charge is 2.44. The third kappa shape index (κ3) is 2.59. The van der Waals surface area contributed by atoms with E-state index in [1.807, 2.05) is 13.8 Å². The first-order valence-corrected chi connectivity index (χ1v) is 8.15. The largest absolute Gasteiger partial charge is 0.326 e. The molecule has 2 unspecified atom stereocenters. The third-order valence-corrected chi connectivity index (χ3v) is 6.46. The summed E-state index contributed by atoms with van der Waals surface area (Å²) in [6, 6.07) is 1.88. The van der Waals surface area contributed by atoms with E-state index in [4.69, 9.17) is 5.73 Å². The van der Waals surface area contributed by atoms with Crippen molar-refractivity contribution in [1.82, 2.24) is 0 Å². The lowest BCUT2D eigenvalue weighted by Crippen LogP contribution is -2.52. The van der Waals surface area contributed by atoms with E-state index in [0.717, 1.165) is 24.6 Å². The van der Waals surface area contributed by atoms with Gasteiger partial charge in [-0.1, -0.05) is 20.3 Å². The van der Waals surface area contributed by atoms with Crippen molar-refractivity contribution in [1.29, 1.82) is 0 Å². The summed E-state index contributed by atoms with van der Waals surface area (Å²) in [4.78, 5) is -0.587. The van der Waals surface area contributed by atoms with Crippen LogP contribution < -0.4 is 5.73 Å². The molecule has 0 bridgehead atoms. The third-order valence-electron chi connectivity index (χ3n) is 4.21.